The highest BCUT2D eigenvalue weighted by Gasteiger charge is 2.25. The molecule has 1 aliphatic rings. The monoisotopic (exact) mass is 426 g/mol. The zero-order chi connectivity index (χ0) is 16.1. The number of ether oxygens (including phenoxy) is 1. The van der Waals surface area contributed by atoms with Crippen LogP contribution in [0.5, 0.6) is 0 Å². The first kappa shape index (κ1) is 21.3. The van der Waals surface area contributed by atoms with Gasteiger partial charge in [0.2, 0.25) is 0 Å². The Morgan fingerprint density at radius 2 is 1.77 bits per heavy atom. The third-order valence-electron chi connectivity index (χ3n) is 3.02. The van der Waals surface area contributed by atoms with Gasteiger partial charge in [0.25, 0.3) is 0 Å². The summed E-state index contributed by atoms with van der Waals surface area (Å²) < 4.78 is 5.27. The molecule has 1 aliphatic carbocycles. The molecular weight excluding hydrogens is 395 g/mol. The van der Waals surface area contributed by atoms with Crippen molar-refractivity contribution in [1.29, 1.82) is 0 Å². The number of halogens is 1. The van der Waals surface area contributed by atoms with E-state index in [9.17, 15) is 4.79 Å². The predicted molar refractivity (Wildman–Crippen MR) is 101 cm³/mol. The van der Waals surface area contributed by atoms with E-state index in [1.54, 1.807) is 7.05 Å². The molecule has 1 saturated carbocycles. The number of alkyl carbamates (subject to hydrolysis) is 1. The lowest BCUT2D eigenvalue weighted by Crippen LogP contribution is -2.54. The van der Waals surface area contributed by atoms with Gasteiger partial charge in [-0.15, -0.1) is 24.0 Å². The summed E-state index contributed by atoms with van der Waals surface area (Å²) in [5.74, 6) is 1.55. The van der Waals surface area contributed by atoms with Crippen LogP contribution in [-0.4, -0.2) is 43.3 Å². The van der Waals surface area contributed by atoms with Gasteiger partial charge in [-0.2, -0.15) is 0 Å². The minimum absolute atomic E-state index is 0. The lowest BCUT2D eigenvalue weighted by Gasteiger charge is -2.29. The molecule has 0 aromatic carbocycles. The molecule has 0 aliphatic heterocycles. The van der Waals surface area contributed by atoms with Crippen molar-refractivity contribution in [1.82, 2.24) is 16.0 Å². The lowest BCUT2D eigenvalue weighted by atomic mass is 10.1. The van der Waals surface area contributed by atoms with Crippen LogP contribution in [0.1, 0.15) is 47.5 Å². The largest absolute Gasteiger partial charge is 0.444 e. The molecule has 1 rings (SSSR count). The van der Waals surface area contributed by atoms with Crippen molar-refractivity contribution >= 4 is 36.0 Å². The Morgan fingerprint density at radius 3 is 2.23 bits per heavy atom. The number of carbonyl (C=O) groups is 1. The van der Waals surface area contributed by atoms with Gasteiger partial charge >= 0.3 is 6.09 Å². The number of aliphatic imine (C=N–C) groups is 1. The molecule has 6 nitrogen and oxygen atoms in total. The molecule has 130 valence electrons. The Labute approximate surface area is 151 Å². The maximum atomic E-state index is 11.8. The molecular formula is C15H31IN4O2. The molecule has 0 bridgehead atoms. The van der Waals surface area contributed by atoms with Crippen LogP contribution in [0.2, 0.25) is 0 Å². The van der Waals surface area contributed by atoms with Gasteiger partial charge in [-0.1, -0.05) is 0 Å². The number of rotatable bonds is 5. The molecule has 1 amide bonds. The molecule has 1 fully saturated rings. The van der Waals surface area contributed by atoms with E-state index in [0.29, 0.717) is 6.54 Å². The smallest absolute Gasteiger partial charge is 0.408 e. The average Bonchev–Trinajstić information content (AvgIpc) is 3.09. The second-order valence-electron chi connectivity index (χ2n) is 7.26. The molecule has 0 unspecified atom stereocenters. The van der Waals surface area contributed by atoms with Gasteiger partial charge < -0.3 is 20.7 Å². The standard InChI is InChI=1S/C15H30N4O2.HI/c1-14(2,3)21-13(20)19-15(4,5)10-18-12(16-6)17-9-11-7-8-11;/h11H,7-10H2,1-6H3,(H,19,20)(H2,16,17,18);1H. The van der Waals surface area contributed by atoms with E-state index in [0.717, 1.165) is 18.4 Å². The van der Waals surface area contributed by atoms with Gasteiger partial charge in [-0.05, 0) is 53.4 Å². The lowest BCUT2D eigenvalue weighted by molar-refractivity contribution is 0.0474. The van der Waals surface area contributed by atoms with E-state index in [1.165, 1.54) is 12.8 Å². The van der Waals surface area contributed by atoms with Crippen molar-refractivity contribution in [3.05, 3.63) is 0 Å². The van der Waals surface area contributed by atoms with E-state index < -0.39 is 17.2 Å². The Balaban J connectivity index is 0.00000441. The topological polar surface area (TPSA) is 74.8 Å². The van der Waals surface area contributed by atoms with Crippen LogP contribution < -0.4 is 16.0 Å². The molecule has 0 aromatic heterocycles. The summed E-state index contributed by atoms with van der Waals surface area (Å²) in [4.78, 5) is 16.0. The maximum absolute atomic E-state index is 11.8. The first-order valence-electron chi connectivity index (χ1n) is 7.57. The summed E-state index contributed by atoms with van der Waals surface area (Å²) in [6.45, 7) is 11.0. The second kappa shape index (κ2) is 8.79. The Hall–Kier alpha value is -0.730. The molecule has 22 heavy (non-hydrogen) atoms. The maximum Gasteiger partial charge on any atom is 0.408 e. The molecule has 7 heteroatoms. The molecule has 3 N–H and O–H groups in total. The Morgan fingerprint density at radius 1 is 1.18 bits per heavy atom. The number of hydrogen-bond donors (Lipinski definition) is 3. The van der Waals surface area contributed by atoms with E-state index in [1.807, 2.05) is 34.6 Å². The van der Waals surface area contributed by atoms with Crippen molar-refractivity contribution in [2.75, 3.05) is 20.1 Å². The number of amides is 1. The summed E-state index contributed by atoms with van der Waals surface area (Å²) >= 11 is 0. The van der Waals surface area contributed by atoms with Crippen LogP contribution in [0.15, 0.2) is 4.99 Å². The van der Waals surface area contributed by atoms with E-state index in [2.05, 4.69) is 20.9 Å². The molecule has 0 saturated heterocycles. The molecule has 0 radical (unpaired) electrons. The normalized spacial score (nSPS) is 15.6. The summed E-state index contributed by atoms with van der Waals surface area (Å²) in [5, 5.41) is 9.38. The van der Waals surface area contributed by atoms with Gasteiger partial charge in [-0.25, -0.2) is 4.79 Å². The Bertz CT molecular complexity index is 387. The van der Waals surface area contributed by atoms with Crippen LogP contribution in [-0.2, 0) is 4.74 Å². The van der Waals surface area contributed by atoms with Crippen LogP contribution >= 0.6 is 24.0 Å². The zero-order valence-electron chi connectivity index (χ0n) is 14.6. The summed E-state index contributed by atoms with van der Waals surface area (Å²) in [6.07, 6.45) is 2.20. The van der Waals surface area contributed by atoms with Gasteiger partial charge in [0.05, 0.1) is 5.54 Å². The van der Waals surface area contributed by atoms with E-state index >= 15 is 0 Å². The van der Waals surface area contributed by atoms with Gasteiger partial charge in [0.1, 0.15) is 5.60 Å². The first-order valence-corrected chi connectivity index (χ1v) is 7.57. The molecule has 0 atom stereocenters. The zero-order valence-corrected chi connectivity index (χ0v) is 16.9. The van der Waals surface area contributed by atoms with Gasteiger partial charge in [-0.3, -0.25) is 4.99 Å². The number of guanidine groups is 1. The third kappa shape index (κ3) is 10.1. The highest BCUT2D eigenvalue weighted by Crippen LogP contribution is 2.27. The van der Waals surface area contributed by atoms with Crippen LogP contribution in [0, 0.1) is 5.92 Å². The average molecular weight is 426 g/mol. The van der Waals surface area contributed by atoms with Crippen LogP contribution in [0.25, 0.3) is 0 Å². The second-order valence-corrected chi connectivity index (χ2v) is 7.26. The van der Waals surface area contributed by atoms with E-state index in [4.69, 9.17) is 4.74 Å². The Kier molecular flexibility index (Phi) is 8.49. The van der Waals surface area contributed by atoms with E-state index in [-0.39, 0.29) is 24.0 Å². The van der Waals surface area contributed by atoms with Crippen molar-refractivity contribution in [3.8, 4) is 0 Å². The minimum Gasteiger partial charge on any atom is -0.444 e. The first-order chi connectivity index (χ1) is 9.61. The summed E-state index contributed by atoms with van der Waals surface area (Å²) in [5.41, 5.74) is -0.922. The van der Waals surface area contributed by atoms with Crippen molar-refractivity contribution in [2.24, 2.45) is 10.9 Å². The SMILES string of the molecule is CN=C(NCC1CC1)NCC(C)(C)NC(=O)OC(C)(C)C.I. The molecule has 0 heterocycles. The quantitative estimate of drug-likeness (QED) is 0.359. The number of carbonyl (C=O) groups excluding carboxylic acids is 1. The van der Waals surface area contributed by atoms with Crippen LogP contribution in [0.3, 0.4) is 0 Å². The van der Waals surface area contributed by atoms with Gasteiger partial charge in [0, 0.05) is 20.1 Å². The summed E-state index contributed by atoms with van der Waals surface area (Å²) in [6, 6.07) is 0. The molecule has 0 spiro atoms. The number of nitrogens with zero attached hydrogens (tertiary/aromatic N) is 1. The fourth-order valence-electron chi connectivity index (χ4n) is 1.71. The third-order valence-corrected chi connectivity index (χ3v) is 3.02. The minimum atomic E-state index is -0.491. The highest BCUT2D eigenvalue weighted by atomic mass is 127. The van der Waals surface area contributed by atoms with Crippen LogP contribution in [0.4, 0.5) is 4.79 Å². The van der Waals surface area contributed by atoms with Crippen molar-refractivity contribution < 1.29 is 9.53 Å². The number of hydrogen-bond acceptors (Lipinski definition) is 3. The summed E-state index contributed by atoms with van der Waals surface area (Å²) in [7, 11) is 1.75. The van der Waals surface area contributed by atoms with Gasteiger partial charge in [0.15, 0.2) is 5.96 Å². The highest BCUT2D eigenvalue weighted by molar-refractivity contribution is 14.0. The van der Waals surface area contributed by atoms with Crippen molar-refractivity contribution in [3.63, 3.8) is 0 Å². The molecule has 0 aromatic rings. The predicted octanol–water partition coefficient (Wildman–Crippen LogP) is 2.48. The fourth-order valence-corrected chi connectivity index (χ4v) is 1.71. The fraction of sp³-hybridized carbons (Fsp3) is 0.867. The number of nitrogens with one attached hydrogen (secondary N) is 3. The van der Waals surface area contributed by atoms with Crippen molar-refractivity contribution in [2.45, 2.75) is 58.6 Å².